The molecule has 4 heteroatoms. The highest BCUT2D eigenvalue weighted by Gasteiger charge is 2.28. The van der Waals surface area contributed by atoms with Gasteiger partial charge in [0.15, 0.2) is 0 Å². The first-order chi connectivity index (χ1) is 10.2. The van der Waals surface area contributed by atoms with Crippen LogP contribution < -0.4 is 5.32 Å². The molecule has 21 heavy (non-hydrogen) atoms. The molecule has 1 atom stereocenters. The fourth-order valence-corrected chi connectivity index (χ4v) is 2.18. The molecule has 1 amide bonds. The Kier molecular flexibility index (Phi) is 3.69. The van der Waals surface area contributed by atoms with Crippen LogP contribution in [0.3, 0.4) is 0 Å². The summed E-state index contributed by atoms with van der Waals surface area (Å²) in [5.74, 6) is -0.173. The van der Waals surface area contributed by atoms with Gasteiger partial charge in [-0.25, -0.2) is 0 Å². The molecule has 2 aromatic rings. The number of oxime groups is 1. The van der Waals surface area contributed by atoms with E-state index in [1.807, 2.05) is 61.5 Å². The minimum atomic E-state index is -0.568. The molecule has 0 fully saturated rings. The van der Waals surface area contributed by atoms with Gasteiger partial charge in [0, 0.05) is 12.1 Å². The van der Waals surface area contributed by atoms with E-state index in [4.69, 9.17) is 4.84 Å². The highest BCUT2D eigenvalue weighted by molar-refractivity contribution is 6.06. The molecule has 0 aliphatic carbocycles. The maximum atomic E-state index is 12.2. The van der Waals surface area contributed by atoms with E-state index in [-0.39, 0.29) is 5.91 Å². The lowest BCUT2D eigenvalue weighted by atomic mass is 10.0. The first-order valence-electron chi connectivity index (χ1n) is 6.88. The molecule has 0 bridgehead atoms. The summed E-state index contributed by atoms with van der Waals surface area (Å²) in [4.78, 5) is 17.4. The van der Waals surface area contributed by atoms with Crippen molar-refractivity contribution >= 4 is 17.3 Å². The van der Waals surface area contributed by atoms with Crippen molar-refractivity contribution in [2.24, 2.45) is 5.16 Å². The van der Waals surface area contributed by atoms with Gasteiger partial charge in [0.1, 0.15) is 0 Å². The van der Waals surface area contributed by atoms with Gasteiger partial charge < -0.3 is 10.2 Å². The average Bonchev–Trinajstić information content (AvgIpc) is 3.00. The minimum absolute atomic E-state index is 0.173. The summed E-state index contributed by atoms with van der Waals surface area (Å²) in [6, 6.07) is 17.4. The molecule has 1 heterocycles. The molecule has 4 nitrogen and oxygen atoms in total. The van der Waals surface area contributed by atoms with E-state index in [2.05, 4.69) is 10.5 Å². The van der Waals surface area contributed by atoms with E-state index in [0.29, 0.717) is 6.42 Å². The summed E-state index contributed by atoms with van der Waals surface area (Å²) in [7, 11) is 0. The van der Waals surface area contributed by atoms with Gasteiger partial charge in [-0.05, 0) is 24.6 Å². The number of anilines is 1. The van der Waals surface area contributed by atoms with Crippen molar-refractivity contribution in [3.05, 3.63) is 65.7 Å². The Morgan fingerprint density at radius 2 is 1.86 bits per heavy atom. The van der Waals surface area contributed by atoms with Gasteiger partial charge in [-0.15, -0.1) is 0 Å². The van der Waals surface area contributed by atoms with Crippen LogP contribution in [0.25, 0.3) is 0 Å². The fourth-order valence-electron chi connectivity index (χ4n) is 2.18. The largest absolute Gasteiger partial charge is 0.382 e. The van der Waals surface area contributed by atoms with E-state index in [9.17, 15) is 4.79 Å². The molecule has 2 aromatic carbocycles. The number of nitrogens with zero attached hydrogens (tertiary/aromatic N) is 1. The summed E-state index contributed by atoms with van der Waals surface area (Å²) in [6.45, 7) is 2.01. The summed E-state index contributed by atoms with van der Waals surface area (Å²) in [5.41, 5.74) is 3.71. The molecule has 0 saturated carbocycles. The fraction of sp³-hybridized carbons (Fsp3) is 0.176. The Balaban J connectivity index is 1.62. The second kappa shape index (κ2) is 5.79. The van der Waals surface area contributed by atoms with Gasteiger partial charge in [0.25, 0.3) is 5.91 Å². The lowest BCUT2D eigenvalue weighted by Crippen LogP contribution is -2.28. The Labute approximate surface area is 123 Å². The van der Waals surface area contributed by atoms with Crippen molar-refractivity contribution in [3.63, 3.8) is 0 Å². The van der Waals surface area contributed by atoms with Gasteiger partial charge in [0.05, 0.1) is 5.71 Å². The van der Waals surface area contributed by atoms with Crippen LogP contribution in [0.15, 0.2) is 59.8 Å². The average molecular weight is 280 g/mol. The van der Waals surface area contributed by atoms with Gasteiger partial charge in [-0.1, -0.05) is 53.2 Å². The molecule has 0 aromatic heterocycles. The van der Waals surface area contributed by atoms with Gasteiger partial charge >= 0.3 is 0 Å². The number of aryl methyl sites for hydroxylation is 1. The number of nitrogens with one attached hydrogen (secondary N) is 1. The summed E-state index contributed by atoms with van der Waals surface area (Å²) >= 11 is 0. The lowest BCUT2D eigenvalue weighted by Gasteiger charge is -2.09. The Hall–Kier alpha value is -2.62. The Bertz CT molecular complexity index is 663. The van der Waals surface area contributed by atoms with Crippen molar-refractivity contribution in [2.75, 3.05) is 5.32 Å². The van der Waals surface area contributed by atoms with Crippen molar-refractivity contribution in [3.8, 4) is 0 Å². The summed E-state index contributed by atoms with van der Waals surface area (Å²) in [5, 5.41) is 6.87. The normalized spacial score (nSPS) is 17.0. The van der Waals surface area contributed by atoms with Crippen molar-refractivity contribution in [2.45, 2.75) is 19.4 Å². The molecule has 0 saturated heterocycles. The van der Waals surface area contributed by atoms with Crippen LogP contribution in [0, 0.1) is 6.92 Å². The summed E-state index contributed by atoms with van der Waals surface area (Å²) in [6.07, 6.45) is -0.0802. The zero-order valence-corrected chi connectivity index (χ0v) is 11.7. The zero-order chi connectivity index (χ0) is 14.7. The number of hydrogen-bond acceptors (Lipinski definition) is 3. The molecule has 1 aliphatic rings. The molecular formula is C17H16N2O2. The smallest absolute Gasteiger partial charge is 0.268 e. The first kappa shape index (κ1) is 13.4. The molecule has 106 valence electrons. The van der Waals surface area contributed by atoms with Crippen molar-refractivity contribution in [1.29, 1.82) is 0 Å². The maximum Gasteiger partial charge on any atom is 0.268 e. The zero-order valence-electron chi connectivity index (χ0n) is 11.7. The van der Waals surface area contributed by atoms with Crippen LogP contribution in [0.1, 0.15) is 17.5 Å². The van der Waals surface area contributed by atoms with Crippen LogP contribution in [0.4, 0.5) is 5.69 Å². The van der Waals surface area contributed by atoms with Crippen molar-refractivity contribution < 1.29 is 9.63 Å². The number of benzene rings is 2. The third-order valence-corrected chi connectivity index (χ3v) is 3.39. The standard InChI is InChI=1S/C17H16N2O2/c1-12-7-9-14(10-8-12)18-17(20)16-11-15(19-21-16)13-5-3-2-4-6-13/h2-10,16H,11H2,1H3,(H,18,20)/t16-/m1/s1. The van der Waals surface area contributed by atoms with E-state index < -0.39 is 6.10 Å². The highest BCUT2D eigenvalue weighted by atomic mass is 16.6. The predicted octanol–water partition coefficient (Wildman–Crippen LogP) is 3.13. The van der Waals surface area contributed by atoms with Crippen LogP contribution >= 0.6 is 0 Å². The number of amides is 1. The van der Waals surface area contributed by atoms with E-state index >= 15 is 0 Å². The Morgan fingerprint density at radius 1 is 1.14 bits per heavy atom. The van der Waals surface area contributed by atoms with Gasteiger partial charge in [-0.2, -0.15) is 0 Å². The second-order valence-electron chi connectivity index (χ2n) is 5.06. The van der Waals surface area contributed by atoms with E-state index in [1.54, 1.807) is 0 Å². The molecule has 0 spiro atoms. The molecule has 0 unspecified atom stereocenters. The van der Waals surface area contributed by atoms with Gasteiger partial charge in [-0.3, -0.25) is 4.79 Å². The maximum absolute atomic E-state index is 12.2. The third kappa shape index (κ3) is 3.11. The second-order valence-corrected chi connectivity index (χ2v) is 5.06. The monoisotopic (exact) mass is 280 g/mol. The molecule has 3 rings (SSSR count). The highest BCUT2D eigenvalue weighted by Crippen LogP contribution is 2.18. The van der Waals surface area contributed by atoms with Gasteiger partial charge in [0.2, 0.25) is 6.10 Å². The predicted molar refractivity (Wildman–Crippen MR) is 82.3 cm³/mol. The van der Waals surface area contributed by atoms with Crippen LogP contribution in [0.2, 0.25) is 0 Å². The molecular weight excluding hydrogens is 264 g/mol. The Morgan fingerprint density at radius 3 is 2.57 bits per heavy atom. The minimum Gasteiger partial charge on any atom is -0.382 e. The van der Waals surface area contributed by atoms with Crippen LogP contribution in [-0.2, 0) is 9.63 Å². The lowest BCUT2D eigenvalue weighted by molar-refractivity contribution is -0.125. The third-order valence-electron chi connectivity index (χ3n) is 3.39. The number of hydrogen-bond donors (Lipinski definition) is 1. The van der Waals surface area contributed by atoms with E-state index in [1.165, 1.54) is 0 Å². The number of rotatable bonds is 3. The first-order valence-corrected chi connectivity index (χ1v) is 6.88. The van der Waals surface area contributed by atoms with Crippen molar-refractivity contribution in [1.82, 2.24) is 0 Å². The molecule has 0 radical (unpaired) electrons. The molecule has 1 N–H and O–H groups in total. The van der Waals surface area contributed by atoms with Crippen LogP contribution in [-0.4, -0.2) is 17.7 Å². The quantitative estimate of drug-likeness (QED) is 0.939. The summed E-state index contributed by atoms with van der Waals surface area (Å²) < 4.78 is 0. The van der Waals surface area contributed by atoms with E-state index in [0.717, 1.165) is 22.5 Å². The van der Waals surface area contributed by atoms with Crippen LogP contribution in [0.5, 0.6) is 0 Å². The molecule has 1 aliphatic heterocycles. The number of carbonyl (C=O) groups excluding carboxylic acids is 1. The number of carbonyl (C=O) groups is 1. The topological polar surface area (TPSA) is 50.7 Å². The SMILES string of the molecule is Cc1ccc(NC(=O)[C@H]2CC(c3ccccc3)=NO2)cc1.